The Balaban J connectivity index is 2.01. The summed E-state index contributed by atoms with van der Waals surface area (Å²) in [5.41, 5.74) is 0. The van der Waals surface area contributed by atoms with Crippen LogP contribution in [0.1, 0.15) is 12.8 Å². The fourth-order valence-corrected chi connectivity index (χ4v) is 3.47. The van der Waals surface area contributed by atoms with Gasteiger partial charge in [0, 0.05) is 11.0 Å². The molecule has 0 amide bonds. The molecule has 2 unspecified atom stereocenters. The summed E-state index contributed by atoms with van der Waals surface area (Å²) in [6.45, 7) is -0.0956. The van der Waals surface area contributed by atoms with E-state index in [-0.39, 0.29) is 6.54 Å². The van der Waals surface area contributed by atoms with Gasteiger partial charge in [0.2, 0.25) is 10.0 Å². The molecule has 21 heavy (non-hydrogen) atoms. The predicted molar refractivity (Wildman–Crippen MR) is 74.8 cm³/mol. The van der Waals surface area contributed by atoms with E-state index in [4.69, 9.17) is 9.84 Å². The molecule has 1 aliphatic heterocycles. The van der Waals surface area contributed by atoms with E-state index in [2.05, 4.69) is 20.7 Å². The van der Waals surface area contributed by atoms with Gasteiger partial charge in [-0.25, -0.2) is 22.3 Å². The van der Waals surface area contributed by atoms with Crippen molar-refractivity contribution in [1.82, 2.24) is 4.72 Å². The second-order valence-electron chi connectivity index (χ2n) is 4.59. The minimum Gasteiger partial charge on any atom is -0.479 e. The van der Waals surface area contributed by atoms with Crippen LogP contribution in [-0.4, -0.2) is 38.2 Å². The number of hydrogen-bond acceptors (Lipinski definition) is 4. The molecule has 1 aromatic carbocycles. The first-order valence-corrected chi connectivity index (χ1v) is 8.40. The second-order valence-corrected chi connectivity index (χ2v) is 7.24. The number of carbonyl (C=O) groups is 1. The van der Waals surface area contributed by atoms with Crippen molar-refractivity contribution < 1.29 is 27.4 Å². The number of ether oxygens (including phenoxy) is 1. The lowest BCUT2D eigenvalue weighted by Gasteiger charge is -2.13. The third-order valence-corrected chi connectivity index (χ3v) is 5.02. The van der Waals surface area contributed by atoms with Crippen LogP contribution in [0.15, 0.2) is 27.6 Å². The Hall–Kier alpha value is -1.03. The topological polar surface area (TPSA) is 92.7 Å². The molecule has 9 heteroatoms. The van der Waals surface area contributed by atoms with Crippen molar-refractivity contribution in [1.29, 1.82) is 0 Å². The van der Waals surface area contributed by atoms with E-state index in [1.807, 2.05) is 0 Å². The molecule has 2 rings (SSSR count). The molecule has 0 aromatic heterocycles. The Kier molecular flexibility index (Phi) is 4.97. The summed E-state index contributed by atoms with van der Waals surface area (Å²) in [5.74, 6) is -1.94. The minimum absolute atomic E-state index is 0.0956. The zero-order chi connectivity index (χ0) is 15.6. The van der Waals surface area contributed by atoms with Gasteiger partial charge in [0.1, 0.15) is 10.7 Å². The first-order chi connectivity index (χ1) is 9.79. The molecule has 0 aliphatic carbocycles. The van der Waals surface area contributed by atoms with E-state index in [1.165, 1.54) is 6.07 Å². The van der Waals surface area contributed by atoms with E-state index < -0.39 is 38.9 Å². The molecule has 116 valence electrons. The van der Waals surface area contributed by atoms with Crippen molar-refractivity contribution in [2.75, 3.05) is 6.54 Å². The maximum atomic E-state index is 13.7. The van der Waals surface area contributed by atoms with Crippen LogP contribution in [0, 0.1) is 5.82 Å². The minimum atomic E-state index is -4.01. The maximum Gasteiger partial charge on any atom is 0.332 e. The summed E-state index contributed by atoms with van der Waals surface area (Å²) in [7, 11) is -4.01. The summed E-state index contributed by atoms with van der Waals surface area (Å²) in [6.07, 6.45) is -0.681. The number of nitrogens with one attached hydrogen (secondary N) is 1. The number of carboxylic acids is 1. The summed E-state index contributed by atoms with van der Waals surface area (Å²) in [6, 6.07) is 3.63. The van der Waals surface area contributed by atoms with E-state index in [0.29, 0.717) is 17.3 Å². The lowest BCUT2D eigenvalue weighted by molar-refractivity contribution is -0.149. The fraction of sp³-hybridized carbons (Fsp3) is 0.417. The molecular weight excluding hydrogens is 369 g/mol. The average Bonchev–Trinajstić information content (AvgIpc) is 2.85. The van der Waals surface area contributed by atoms with Crippen LogP contribution >= 0.6 is 15.9 Å². The number of halogens is 2. The van der Waals surface area contributed by atoms with Gasteiger partial charge in [0.05, 0.1) is 6.10 Å². The standard InChI is InChI=1S/C12H13BrFNO5S/c13-7-1-4-11(9(14)5-7)21(18,19)15-6-8-2-3-10(20-8)12(16)17/h1,4-5,8,10,15H,2-3,6H2,(H,16,17). The van der Waals surface area contributed by atoms with Crippen LogP contribution in [0.25, 0.3) is 0 Å². The Bertz CT molecular complexity index is 651. The van der Waals surface area contributed by atoms with Gasteiger partial charge in [-0.05, 0) is 31.0 Å². The summed E-state index contributed by atoms with van der Waals surface area (Å²) in [5, 5.41) is 8.78. The van der Waals surface area contributed by atoms with E-state index in [1.54, 1.807) is 0 Å². The molecule has 6 nitrogen and oxygen atoms in total. The zero-order valence-electron chi connectivity index (χ0n) is 10.8. The molecule has 1 fully saturated rings. The molecule has 1 heterocycles. The van der Waals surface area contributed by atoms with Gasteiger partial charge in [-0.15, -0.1) is 0 Å². The van der Waals surface area contributed by atoms with Crippen molar-refractivity contribution in [3.63, 3.8) is 0 Å². The van der Waals surface area contributed by atoms with Gasteiger partial charge in [0.25, 0.3) is 0 Å². The highest BCUT2D eigenvalue weighted by molar-refractivity contribution is 9.10. The zero-order valence-corrected chi connectivity index (χ0v) is 13.2. The molecule has 0 spiro atoms. The summed E-state index contributed by atoms with van der Waals surface area (Å²) >= 11 is 3.05. The molecule has 0 saturated carbocycles. The lowest BCUT2D eigenvalue weighted by Crippen LogP contribution is -2.33. The lowest BCUT2D eigenvalue weighted by atomic mass is 10.2. The summed E-state index contributed by atoms with van der Waals surface area (Å²) in [4.78, 5) is 10.3. The highest BCUT2D eigenvalue weighted by Crippen LogP contribution is 2.21. The number of benzene rings is 1. The van der Waals surface area contributed by atoms with Crippen LogP contribution in [0.2, 0.25) is 0 Å². The molecule has 1 aliphatic rings. The normalized spacial score (nSPS) is 22.4. The summed E-state index contributed by atoms with van der Waals surface area (Å²) < 4.78 is 45.5. The van der Waals surface area contributed by atoms with Crippen LogP contribution in [-0.2, 0) is 19.6 Å². The maximum absolute atomic E-state index is 13.7. The van der Waals surface area contributed by atoms with Gasteiger partial charge in [-0.2, -0.15) is 0 Å². The van der Waals surface area contributed by atoms with Crippen LogP contribution in [0.5, 0.6) is 0 Å². The van der Waals surface area contributed by atoms with Crippen molar-refractivity contribution in [2.45, 2.75) is 29.9 Å². The van der Waals surface area contributed by atoms with Gasteiger partial charge in [-0.1, -0.05) is 15.9 Å². The average molecular weight is 382 g/mol. The van der Waals surface area contributed by atoms with Crippen LogP contribution < -0.4 is 4.72 Å². The Morgan fingerprint density at radius 3 is 2.76 bits per heavy atom. The third kappa shape index (κ3) is 4.00. The quantitative estimate of drug-likeness (QED) is 0.805. The number of carboxylic acid groups (broad SMARTS) is 1. The second kappa shape index (κ2) is 6.39. The Morgan fingerprint density at radius 1 is 1.48 bits per heavy atom. The molecular formula is C12H13BrFNO5S. The van der Waals surface area contributed by atoms with Gasteiger partial charge >= 0.3 is 5.97 Å². The van der Waals surface area contributed by atoms with Crippen LogP contribution in [0.3, 0.4) is 0 Å². The molecule has 2 N–H and O–H groups in total. The highest BCUT2D eigenvalue weighted by atomic mass is 79.9. The fourth-order valence-electron chi connectivity index (χ4n) is 2.01. The molecule has 0 bridgehead atoms. The van der Waals surface area contributed by atoms with Crippen molar-refractivity contribution >= 4 is 31.9 Å². The largest absolute Gasteiger partial charge is 0.479 e. The first kappa shape index (κ1) is 16.3. The molecule has 1 aromatic rings. The van der Waals surface area contributed by atoms with E-state index >= 15 is 0 Å². The van der Waals surface area contributed by atoms with Gasteiger partial charge in [-0.3, -0.25) is 0 Å². The van der Waals surface area contributed by atoms with Crippen molar-refractivity contribution in [3.8, 4) is 0 Å². The smallest absolute Gasteiger partial charge is 0.332 e. The predicted octanol–water partition coefficient (Wildman–Crippen LogP) is 1.50. The molecule has 1 saturated heterocycles. The first-order valence-electron chi connectivity index (χ1n) is 6.12. The van der Waals surface area contributed by atoms with Crippen LogP contribution in [0.4, 0.5) is 4.39 Å². The SMILES string of the molecule is O=C(O)C1CCC(CNS(=O)(=O)c2ccc(Br)cc2F)O1. The van der Waals surface area contributed by atoms with Crippen molar-refractivity contribution in [2.24, 2.45) is 0 Å². The highest BCUT2D eigenvalue weighted by Gasteiger charge is 2.31. The Morgan fingerprint density at radius 2 is 2.19 bits per heavy atom. The van der Waals surface area contributed by atoms with Gasteiger partial charge < -0.3 is 9.84 Å². The Labute approximate surface area is 129 Å². The number of hydrogen-bond donors (Lipinski definition) is 2. The van der Waals surface area contributed by atoms with Gasteiger partial charge in [0.15, 0.2) is 6.10 Å². The number of aliphatic carboxylic acids is 1. The van der Waals surface area contributed by atoms with E-state index in [0.717, 1.165) is 12.1 Å². The van der Waals surface area contributed by atoms with E-state index in [9.17, 15) is 17.6 Å². The van der Waals surface area contributed by atoms with Crippen molar-refractivity contribution in [3.05, 3.63) is 28.5 Å². The molecule has 2 atom stereocenters. The number of rotatable bonds is 5. The third-order valence-electron chi connectivity index (χ3n) is 3.07. The monoisotopic (exact) mass is 381 g/mol. The molecule has 0 radical (unpaired) electrons. The number of sulfonamides is 1.